The summed E-state index contributed by atoms with van der Waals surface area (Å²) in [7, 11) is 1.72. The third kappa shape index (κ3) is 2.47. The summed E-state index contributed by atoms with van der Waals surface area (Å²) in [5, 5.41) is 2.51. The van der Waals surface area contributed by atoms with Gasteiger partial charge in [0.2, 0.25) is 0 Å². The maximum absolute atomic E-state index is 12.3. The normalized spacial score (nSPS) is 11.5. The summed E-state index contributed by atoms with van der Waals surface area (Å²) in [4.78, 5) is 28.8. The highest BCUT2D eigenvalue weighted by Gasteiger charge is 2.11. The molecule has 0 aliphatic carbocycles. The lowest BCUT2D eigenvalue weighted by Crippen LogP contribution is -2.20. The Balaban J connectivity index is 1.59. The molecular formula is C16H13N3O3S2. The van der Waals surface area contributed by atoms with Gasteiger partial charge in [-0.25, -0.2) is 9.78 Å². The molecule has 24 heavy (non-hydrogen) atoms. The van der Waals surface area contributed by atoms with E-state index in [1.165, 1.54) is 23.1 Å². The Morgan fingerprint density at radius 1 is 1.25 bits per heavy atom. The molecule has 0 fully saturated rings. The molecule has 0 saturated heterocycles. The monoisotopic (exact) mass is 359 g/mol. The van der Waals surface area contributed by atoms with Crippen LogP contribution >= 0.6 is 23.1 Å². The van der Waals surface area contributed by atoms with Crippen LogP contribution in [0.5, 0.6) is 0 Å². The van der Waals surface area contributed by atoms with Gasteiger partial charge < -0.3 is 4.42 Å². The van der Waals surface area contributed by atoms with Gasteiger partial charge in [-0.15, -0.1) is 11.3 Å². The molecule has 4 rings (SSSR count). The smallest absolute Gasteiger partial charge is 0.408 e. The molecule has 0 aliphatic rings. The first kappa shape index (κ1) is 15.2. The summed E-state index contributed by atoms with van der Waals surface area (Å²) in [6, 6.07) is 9.18. The second kappa shape index (κ2) is 5.95. The molecule has 0 unspecified atom stereocenters. The van der Waals surface area contributed by atoms with Crippen molar-refractivity contribution in [3.8, 4) is 0 Å². The molecule has 3 heterocycles. The van der Waals surface area contributed by atoms with Crippen molar-refractivity contribution in [3.63, 3.8) is 0 Å². The van der Waals surface area contributed by atoms with Crippen LogP contribution in [0, 0.1) is 0 Å². The van der Waals surface area contributed by atoms with Crippen LogP contribution in [-0.4, -0.2) is 19.9 Å². The van der Waals surface area contributed by atoms with E-state index in [2.05, 4.69) is 4.98 Å². The van der Waals surface area contributed by atoms with Gasteiger partial charge in [0, 0.05) is 19.3 Å². The Labute approximate surface area is 144 Å². The van der Waals surface area contributed by atoms with E-state index >= 15 is 0 Å². The molecule has 6 nitrogen and oxygen atoms in total. The summed E-state index contributed by atoms with van der Waals surface area (Å²) in [6.45, 7) is 0.484. The average Bonchev–Trinajstić information content (AvgIpc) is 3.16. The highest BCUT2D eigenvalue weighted by molar-refractivity contribution is 7.99. The first-order valence-corrected chi connectivity index (χ1v) is 9.17. The summed E-state index contributed by atoms with van der Waals surface area (Å²) >= 11 is 2.85. The number of benzene rings is 1. The first-order valence-electron chi connectivity index (χ1n) is 7.30. The van der Waals surface area contributed by atoms with Crippen LogP contribution < -0.4 is 11.3 Å². The number of para-hydroxylation sites is 2. The van der Waals surface area contributed by atoms with Gasteiger partial charge in [-0.2, -0.15) is 0 Å². The zero-order chi connectivity index (χ0) is 16.7. The Morgan fingerprint density at radius 3 is 2.96 bits per heavy atom. The minimum absolute atomic E-state index is 0.0385. The van der Waals surface area contributed by atoms with E-state index < -0.39 is 0 Å². The fraction of sp³-hybridized carbons (Fsp3) is 0.188. The van der Waals surface area contributed by atoms with E-state index in [1.54, 1.807) is 22.2 Å². The Hall–Kier alpha value is -2.32. The van der Waals surface area contributed by atoms with Gasteiger partial charge >= 0.3 is 5.76 Å². The molecule has 0 amide bonds. The highest BCUT2D eigenvalue weighted by Crippen LogP contribution is 2.20. The number of hydrogen-bond acceptors (Lipinski definition) is 6. The van der Waals surface area contributed by atoms with Crippen molar-refractivity contribution < 1.29 is 4.42 Å². The standard InChI is InChI=1S/C16H13N3O3S2/c1-18-14(20)13-10(6-8-23-13)17-15(18)24-9-7-19-11-4-2-3-5-12(11)22-16(19)21/h2-6,8H,7,9H2,1H3. The number of aromatic nitrogens is 3. The SMILES string of the molecule is Cn1c(SCCn2c(=O)oc3ccccc32)nc2ccsc2c1=O. The van der Waals surface area contributed by atoms with Crippen molar-refractivity contribution in [3.05, 3.63) is 56.6 Å². The van der Waals surface area contributed by atoms with Crippen LogP contribution in [0.2, 0.25) is 0 Å². The van der Waals surface area contributed by atoms with Gasteiger partial charge in [-0.05, 0) is 23.6 Å². The number of thioether (sulfide) groups is 1. The van der Waals surface area contributed by atoms with Gasteiger partial charge in [0.1, 0.15) is 4.70 Å². The third-order valence-electron chi connectivity index (χ3n) is 3.77. The lowest BCUT2D eigenvalue weighted by Gasteiger charge is -2.07. The molecule has 0 bridgehead atoms. The number of thiophene rings is 1. The van der Waals surface area contributed by atoms with Crippen molar-refractivity contribution >= 4 is 44.4 Å². The molecule has 8 heteroatoms. The molecule has 3 aromatic heterocycles. The van der Waals surface area contributed by atoms with Crippen LogP contribution in [0.25, 0.3) is 21.3 Å². The zero-order valence-corrected chi connectivity index (χ0v) is 14.4. The number of oxazole rings is 1. The minimum atomic E-state index is -0.369. The van der Waals surface area contributed by atoms with Crippen molar-refractivity contribution in [1.29, 1.82) is 0 Å². The van der Waals surface area contributed by atoms with Crippen LogP contribution in [0.3, 0.4) is 0 Å². The summed E-state index contributed by atoms with van der Waals surface area (Å²) < 4.78 is 9.04. The van der Waals surface area contributed by atoms with E-state index in [9.17, 15) is 9.59 Å². The van der Waals surface area contributed by atoms with Crippen molar-refractivity contribution in [2.24, 2.45) is 7.05 Å². The summed E-state index contributed by atoms with van der Waals surface area (Å²) in [5.74, 6) is 0.242. The molecule has 0 spiro atoms. The number of hydrogen-bond donors (Lipinski definition) is 0. The van der Waals surface area contributed by atoms with Gasteiger partial charge in [-0.1, -0.05) is 23.9 Å². The fourth-order valence-corrected chi connectivity index (χ4v) is 4.25. The Morgan fingerprint density at radius 2 is 2.08 bits per heavy atom. The molecule has 122 valence electrons. The lowest BCUT2D eigenvalue weighted by atomic mass is 10.3. The molecule has 0 saturated carbocycles. The molecule has 1 aromatic carbocycles. The second-order valence-electron chi connectivity index (χ2n) is 5.23. The van der Waals surface area contributed by atoms with Crippen molar-refractivity contribution in [2.75, 3.05) is 5.75 Å². The molecule has 0 atom stereocenters. The van der Waals surface area contributed by atoms with Gasteiger partial charge in [0.05, 0.1) is 11.0 Å². The maximum atomic E-state index is 12.3. The number of aryl methyl sites for hydroxylation is 1. The Kier molecular flexibility index (Phi) is 3.78. The van der Waals surface area contributed by atoms with Crippen LogP contribution in [-0.2, 0) is 13.6 Å². The largest absolute Gasteiger partial charge is 0.419 e. The van der Waals surface area contributed by atoms with E-state index in [4.69, 9.17) is 4.42 Å². The van der Waals surface area contributed by atoms with E-state index in [0.29, 0.717) is 27.7 Å². The van der Waals surface area contributed by atoms with E-state index in [-0.39, 0.29) is 11.3 Å². The quantitative estimate of drug-likeness (QED) is 0.414. The van der Waals surface area contributed by atoms with Crippen LogP contribution in [0.1, 0.15) is 0 Å². The van der Waals surface area contributed by atoms with Crippen molar-refractivity contribution in [2.45, 2.75) is 11.7 Å². The number of fused-ring (bicyclic) bond motifs is 2. The summed E-state index contributed by atoms with van der Waals surface area (Å²) in [5.41, 5.74) is 2.04. The molecule has 0 N–H and O–H groups in total. The zero-order valence-electron chi connectivity index (χ0n) is 12.8. The maximum Gasteiger partial charge on any atom is 0.419 e. The molecular weight excluding hydrogens is 346 g/mol. The second-order valence-corrected chi connectivity index (χ2v) is 7.21. The Bertz CT molecular complexity index is 1150. The predicted molar refractivity (Wildman–Crippen MR) is 96.1 cm³/mol. The number of rotatable bonds is 4. The van der Waals surface area contributed by atoms with Gasteiger partial charge in [0.25, 0.3) is 5.56 Å². The van der Waals surface area contributed by atoms with Gasteiger partial charge in [-0.3, -0.25) is 13.9 Å². The average molecular weight is 359 g/mol. The fourth-order valence-electron chi connectivity index (χ4n) is 2.55. The topological polar surface area (TPSA) is 70.0 Å². The van der Waals surface area contributed by atoms with Crippen LogP contribution in [0.4, 0.5) is 0 Å². The lowest BCUT2D eigenvalue weighted by molar-refractivity contribution is 0.514. The summed E-state index contributed by atoms with van der Waals surface area (Å²) in [6.07, 6.45) is 0. The first-order chi connectivity index (χ1) is 11.6. The predicted octanol–water partition coefficient (Wildman–Crippen LogP) is 2.70. The van der Waals surface area contributed by atoms with E-state index in [0.717, 1.165) is 11.0 Å². The van der Waals surface area contributed by atoms with Gasteiger partial charge in [0.15, 0.2) is 10.7 Å². The molecule has 4 aromatic rings. The number of nitrogens with zero attached hydrogens (tertiary/aromatic N) is 3. The highest BCUT2D eigenvalue weighted by atomic mass is 32.2. The minimum Gasteiger partial charge on any atom is -0.408 e. The van der Waals surface area contributed by atoms with Crippen molar-refractivity contribution in [1.82, 2.24) is 14.1 Å². The van der Waals surface area contributed by atoms with Crippen LogP contribution in [0.15, 0.2) is 54.9 Å². The molecule has 0 aliphatic heterocycles. The molecule has 0 radical (unpaired) electrons. The third-order valence-corrected chi connectivity index (χ3v) is 5.67. The van der Waals surface area contributed by atoms with E-state index in [1.807, 2.05) is 29.6 Å².